The minimum atomic E-state index is 0.586. The lowest BCUT2D eigenvalue weighted by Crippen LogP contribution is -2.12. The lowest BCUT2D eigenvalue weighted by molar-refractivity contribution is 0.149. The number of allylic oxidation sites excluding steroid dienone is 2. The van der Waals surface area contributed by atoms with Crippen molar-refractivity contribution in [2.24, 2.45) is 5.92 Å². The molecule has 0 aliphatic heterocycles. The fraction of sp³-hybridized carbons (Fsp3) is 0.333. The van der Waals surface area contributed by atoms with Crippen LogP contribution < -0.4 is 0 Å². The molecule has 0 N–H and O–H groups in total. The van der Waals surface area contributed by atoms with Gasteiger partial charge in [0.05, 0.1) is 13.2 Å². The quantitative estimate of drug-likeness (QED) is 0.221. The van der Waals surface area contributed by atoms with Gasteiger partial charge in [-0.25, -0.2) is 0 Å². The van der Waals surface area contributed by atoms with Gasteiger partial charge in [-0.2, -0.15) is 0 Å². The first kappa shape index (κ1) is 24.2. The standard InChI is InChI=1S/C33H38O/c1-3-5-6-7-26-8-12-28(13-9-26)30-16-20-32(21-17-30)33-22-18-31(19-23-33)29-14-10-27(11-15-29)25-34-24-4-2/h4-6,10-11,14-23,26,28H,2-3,7-9,12-13,24-25H2,1H3. The maximum atomic E-state index is 5.53. The summed E-state index contributed by atoms with van der Waals surface area (Å²) < 4.78 is 5.53. The first-order valence-electron chi connectivity index (χ1n) is 12.9. The molecule has 0 heterocycles. The second-order valence-electron chi connectivity index (χ2n) is 9.53. The molecule has 3 aromatic rings. The van der Waals surface area contributed by atoms with Gasteiger partial charge in [-0.1, -0.05) is 97.9 Å². The summed E-state index contributed by atoms with van der Waals surface area (Å²) in [7, 11) is 0. The van der Waals surface area contributed by atoms with Crippen LogP contribution in [0.5, 0.6) is 0 Å². The molecule has 0 aromatic heterocycles. The molecule has 4 rings (SSSR count). The predicted molar refractivity (Wildman–Crippen MR) is 146 cm³/mol. The van der Waals surface area contributed by atoms with Crippen LogP contribution in [0.15, 0.2) is 97.6 Å². The first-order chi connectivity index (χ1) is 16.8. The highest BCUT2D eigenvalue weighted by Crippen LogP contribution is 2.38. The summed E-state index contributed by atoms with van der Waals surface area (Å²) in [5.41, 5.74) is 7.74. The van der Waals surface area contributed by atoms with Gasteiger partial charge in [0.25, 0.3) is 0 Å². The van der Waals surface area contributed by atoms with Crippen molar-refractivity contribution >= 4 is 0 Å². The minimum Gasteiger partial charge on any atom is -0.373 e. The molecule has 1 saturated carbocycles. The molecule has 0 unspecified atom stereocenters. The van der Waals surface area contributed by atoms with Crippen LogP contribution in [0.3, 0.4) is 0 Å². The monoisotopic (exact) mass is 450 g/mol. The summed E-state index contributed by atoms with van der Waals surface area (Å²) in [6, 6.07) is 26.9. The van der Waals surface area contributed by atoms with Crippen LogP contribution in [-0.4, -0.2) is 6.61 Å². The highest BCUT2D eigenvalue weighted by atomic mass is 16.5. The Hall–Kier alpha value is -2.90. The third-order valence-corrected chi connectivity index (χ3v) is 7.11. The number of rotatable bonds is 10. The normalized spacial score (nSPS) is 18.3. The fourth-order valence-electron chi connectivity index (χ4n) is 5.04. The zero-order chi connectivity index (χ0) is 23.6. The molecule has 1 aliphatic rings. The molecule has 34 heavy (non-hydrogen) atoms. The Morgan fingerprint density at radius 1 is 0.735 bits per heavy atom. The van der Waals surface area contributed by atoms with E-state index < -0.39 is 0 Å². The largest absolute Gasteiger partial charge is 0.373 e. The van der Waals surface area contributed by atoms with Crippen molar-refractivity contribution in [3.05, 3.63) is 109 Å². The summed E-state index contributed by atoms with van der Waals surface area (Å²) in [6.07, 6.45) is 14.3. The Kier molecular flexibility index (Phi) is 8.93. The number of ether oxygens (including phenoxy) is 1. The minimum absolute atomic E-state index is 0.586. The van der Waals surface area contributed by atoms with Crippen molar-refractivity contribution in [2.75, 3.05) is 6.61 Å². The third-order valence-electron chi connectivity index (χ3n) is 7.11. The number of hydrogen-bond acceptors (Lipinski definition) is 1. The molecule has 0 spiro atoms. The van der Waals surface area contributed by atoms with Crippen LogP contribution in [0.25, 0.3) is 22.3 Å². The van der Waals surface area contributed by atoms with E-state index in [1.807, 2.05) is 0 Å². The number of benzene rings is 3. The molecule has 3 aromatic carbocycles. The Morgan fingerprint density at radius 3 is 1.79 bits per heavy atom. The van der Waals surface area contributed by atoms with E-state index in [2.05, 4.69) is 98.5 Å². The van der Waals surface area contributed by atoms with Crippen molar-refractivity contribution in [3.63, 3.8) is 0 Å². The van der Waals surface area contributed by atoms with Crippen molar-refractivity contribution in [1.82, 2.24) is 0 Å². The van der Waals surface area contributed by atoms with E-state index in [9.17, 15) is 0 Å². The van der Waals surface area contributed by atoms with Gasteiger partial charge < -0.3 is 4.74 Å². The summed E-state index contributed by atoms with van der Waals surface area (Å²) in [5.74, 6) is 1.62. The van der Waals surface area contributed by atoms with Crippen molar-refractivity contribution in [3.8, 4) is 22.3 Å². The SMILES string of the molecule is C=CCOCc1ccc(-c2ccc(-c3ccc(C4CCC(CC=CCC)CC4)cc3)cc2)cc1. The van der Waals surface area contributed by atoms with E-state index >= 15 is 0 Å². The Labute approximate surface area is 206 Å². The van der Waals surface area contributed by atoms with Gasteiger partial charge >= 0.3 is 0 Å². The van der Waals surface area contributed by atoms with Gasteiger partial charge in [-0.3, -0.25) is 0 Å². The van der Waals surface area contributed by atoms with E-state index in [0.717, 1.165) is 18.3 Å². The second-order valence-corrected chi connectivity index (χ2v) is 9.53. The summed E-state index contributed by atoms with van der Waals surface area (Å²) in [5, 5.41) is 0. The maximum absolute atomic E-state index is 5.53. The zero-order valence-corrected chi connectivity index (χ0v) is 20.6. The Morgan fingerprint density at radius 2 is 1.26 bits per heavy atom. The van der Waals surface area contributed by atoms with Crippen LogP contribution in [0.1, 0.15) is 62.5 Å². The summed E-state index contributed by atoms with van der Waals surface area (Å²) >= 11 is 0. The molecule has 176 valence electrons. The second kappa shape index (κ2) is 12.5. The Balaban J connectivity index is 1.33. The fourth-order valence-corrected chi connectivity index (χ4v) is 5.04. The van der Waals surface area contributed by atoms with E-state index in [-0.39, 0.29) is 0 Å². The van der Waals surface area contributed by atoms with Crippen molar-refractivity contribution < 1.29 is 4.74 Å². The molecule has 1 aliphatic carbocycles. The molecule has 1 heteroatoms. The predicted octanol–water partition coefficient (Wildman–Crippen LogP) is 9.35. The van der Waals surface area contributed by atoms with E-state index in [1.165, 1.54) is 65.5 Å². The zero-order valence-electron chi connectivity index (χ0n) is 20.6. The molecule has 0 bridgehead atoms. The molecule has 0 saturated heterocycles. The van der Waals surface area contributed by atoms with E-state index in [1.54, 1.807) is 6.08 Å². The highest BCUT2D eigenvalue weighted by molar-refractivity contribution is 5.70. The highest BCUT2D eigenvalue weighted by Gasteiger charge is 2.21. The van der Waals surface area contributed by atoms with Gasteiger partial charge in [0.15, 0.2) is 0 Å². The first-order valence-corrected chi connectivity index (χ1v) is 12.9. The van der Waals surface area contributed by atoms with Gasteiger partial charge in [0.2, 0.25) is 0 Å². The van der Waals surface area contributed by atoms with Gasteiger partial charge in [-0.15, -0.1) is 6.58 Å². The maximum Gasteiger partial charge on any atom is 0.0721 e. The van der Waals surface area contributed by atoms with Crippen molar-refractivity contribution in [2.45, 2.75) is 58.0 Å². The molecular weight excluding hydrogens is 412 g/mol. The van der Waals surface area contributed by atoms with Crippen LogP contribution in [0.2, 0.25) is 0 Å². The summed E-state index contributed by atoms with van der Waals surface area (Å²) in [6.45, 7) is 7.11. The van der Waals surface area contributed by atoms with Crippen LogP contribution in [0.4, 0.5) is 0 Å². The third kappa shape index (κ3) is 6.58. The topological polar surface area (TPSA) is 9.23 Å². The van der Waals surface area contributed by atoms with Crippen LogP contribution in [0, 0.1) is 5.92 Å². The van der Waals surface area contributed by atoms with E-state index in [0.29, 0.717) is 13.2 Å². The average Bonchev–Trinajstić information content (AvgIpc) is 2.90. The van der Waals surface area contributed by atoms with Crippen molar-refractivity contribution in [1.29, 1.82) is 0 Å². The van der Waals surface area contributed by atoms with Gasteiger partial charge in [-0.05, 0) is 83.7 Å². The van der Waals surface area contributed by atoms with Gasteiger partial charge in [0.1, 0.15) is 0 Å². The molecule has 1 nitrogen and oxygen atoms in total. The smallest absolute Gasteiger partial charge is 0.0721 e. The molecular formula is C33H38O. The Bertz CT molecular complexity index is 1030. The van der Waals surface area contributed by atoms with Gasteiger partial charge in [0, 0.05) is 0 Å². The molecule has 0 atom stereocenters. The average molecular weight is 451 g/mol. The number of hydrogen-bond donors (Lipinski definition) is 0. The lowest BCUT2D eigenvalue weighted by atomic mass is 9.77. The van der Waals surface area contributed by atoms with E-state index in [4.69, 9.17) is 4.74 Å². The molecule has 1 fully saturated rings. The molecule has 0 amide bonds. The summed E-state index contributed by atoms with van der Waals surface area (Å²) in [4.78, 5) is 0. The van der Waals surface area contributed by atoms with Crippen LogP contribution >= 0.6 is 0 Å². The van der Waals surface area contributed by atoms with Crippen LogP contribution in [-0.2, 0) is 11.3 Å². The lowest BCUT2D eigenvalue weighted by Gasteiger charge is -2.28. The molecule has 0 radical (unpaired) electrons.